The summed E-state index contributed by atoms with van der Waals surface area (Å²) in [5, 5.41) is 2.94. The molecule has 1 aliphatic heterocycles. The van der Waals surface area contributed by atoms with Crippen LogP contribution in [0.1, 0.15) is 28.8 Å². The van der Waals surface area contributed by atoms with Crippen molar-refractivity contribution in [2.24, 2.45) is 0 Å². The van der Waals surface area contributed by atoms with Gasteiger partial charge in [0.1, 0.15) is 0 Å². The van der Waals surface area contributed by atoms with E-state index in [1.54, 1.807) is 24.3 Å². The summed E-state index contributed by atoms with van der Waals surface area (Å²) in [5.74, 6) is -2.69. The van der Waals surface area contributed by atoms with Crippen LogP contribution in [0.3, 0.4) is 0 Å². The van der Waals surface area contributed by atoms with E-state index in [9.17, 15) is 13.6 Å². The second kappa shape index (κ2) is 8.45. The number of alkyl halides is 2. The molecule has 3 rings (SSSR count). The van der Waals surface area contributed by atoms with Crippen molar-refractivity contribution < 1.29 is 13.6 Å². The first-order chi connectivity index (χ1) is 12.1. The zero-order valence-electron chi connectivity index (χ0n) is 13.8. The molecule has 0 bridgehead atoms. The second-order valence-electron chi connectivity index (χ2n) is 6.00. The number of halogens is 2. The third-order valence-electron chi connectivity index (χ3n) is 4.20. The summed E-state index contributed by atoms with van der Waals surface area (Å²) in [6.07, 6.45) is 2.44. The predicted octanol–water partition coefficient (Wildman–Crippen LogP) is 4.85. The maximum absolute atomic E-state index is 12.5. The molecule has 0 unspecified atom stereocenters. The Morgan fingerprint density at radius 3 is 2.44 bits per heavy atom. The van der Waals surface area contributed by atoms with Gasteiger partial charge in [0.2, 0.25) is 0 Å². The molecule has 132 valence electrons. The van der Waals surface area contributed by atoms with Crippen LogP contribution in [0.2, 0.25) is 0 Å². The van der Waals surface area contributed by atoms with E-state index < -0.39 is 5.76 Å². The summed E-state index contributed by atoms with van der Waals surface area (Å²) in [4.78, 5) is 15.3. The Bertz CT molecular complexity index is 716. The summed E-state index contributed by atoms with van der Waals surface area (Å²) in [6, 6.07) is 14.0. The van der Waals surface area contributed by atoms with Crippen molar-refractivity contribution in [3.05, 3.63) is 59.7 Å². The van der Waals surface area contributed by atoms with Crippen LogP contribution in [0.25, 0.3) is 0 Å². The topological polar surface area (TPSA) is 32.3 Å². The number of carbonyl (C=O) groups excluding carboxylic acids is 1. The van der Waals surface area contributed by atoms with E-state index in [-0.39, 0.29) is 5.91 Å². The van der Waals surface area contributed by atoms with E-state index in [1.165, 1.54) is 12.8 Å². The number of hydrogen-bond donors (Lipinski definition) is 1. The summed E-state index contributed by atoms with van der Waals surface area (Å²) in [6.45, 7) is 3.00. The lowest BCUT2D eigenvalue weighted by molar-refractivity contribution is 0.102. The lowest BCUT2D eigenvalue weighted by atomic mass is 10.1. The van der Waals surface area contributed by atoms with Crippen molar-refractivity contribution in [1.82, 2.24) is 4.90 Å². The van der Waals surface area contributed by atoms with E-state index in [0.717, 1.165) is 30.9 Å². The molecule has 1 aliphatic rings. The van der Waals surface area contributed by atoms with Gasteiger partial charge in [-0.15, -0.1) is 0 Å². The second-order valence-corrected chi connectivity index (χ2v) is 7.06. The quantitative estimate of drug-likeness (QED) is 0.746. The normalized spacial score (nSPS) is 14.8. The van der Waals surface area contributed by atoms with E-state index in [0.29, 0.717) is 22.2 Å². The van der Waals surface area contributed by atoms with Gasteiger partial charge in [0.05, 0.1) is 0 Å². The standard InChI is InChI=1S/C19H20F2N2OS/c20-19(21)25-16-9-7-14(8-10-16)18(24)22-17-6-2-1-5-15(17)13-23-11-3-4-12-23/h1-2,5-10,19H,3-4,11-13H2,(H,22,24). The highest BCUT2D eigenvalue weighted by molar-refractivity contribution is 7.99. The molecule has 6 heteroatoms. The van der Waals surface area contributed by atoms with Crippen molar-refractivity contribution in [1.29, 1.82) is 0 Å². The van der Waals surface area contributed by atoms with Crippen LogP contribution in [-0.4, -0.2) is 29.7 Å². The maximum Gasteiger partial charge on any atom is 0.288 e. The minimum atomic E-state index is -2.46. The molecule has 1 heterocycles. The number of anilines is 1. The Morgan fingerprint density at radius 2 is 1.76 bits per heavy atom. The average molecular weight is 362 g/mol. The van der Waals surface area contributed by atoms with E-state index in [2.05, 4.69) is 10.2 Å². The van der Waals surface area contributed by atoms with Crippen molar-refractivity contribution >= 4 is 23.4 Å². The molecular weight excluding hydrogens is 342 g/mol. The van der Waals surface area contributed by atoms with Crippen molar-refractivity contribution in [3.63, 3.8) is 0 Å². The van der Waals surface area contributed by atoms with Gasteiger partial charge in [-0.2, -0.15) is 8.78 Å². The van der Waals surface area contributed by atoms with E-state index in [1.807, 2.05) is 24.3 Å². The smallest absolute Gasteiger partial charge is 0.288 e. The fourth-order valence-corrected chi connectivity index (χ4v) is 3.44. The monoisotopic (exact) mass is 362 g/mol. The molecule has 0 aromatic heterocycles. The van der Waals surface area contributed by atoms with E-state index in [4.69, 9.17) is 0 Å². The molecule has 2 aromatic carbocycles. The summed E-state index contributed by atoms with van der Waals surface area (Å²) in [7, 11) is 0. The number of likely N-dealkylation sites (tertiary alicyclic amines) is 1. The third kappa shape index (κ3) is 5.03. The molecule has 3 nitrogen and oxygen atoms in total. The average Bonchev–Trinajstić information content (AvgIpc) is 3.10. The number of amides is 1. The van der Waals surface area contributed by atoms with Crippen molar-refractivity contribution in [3.8, 4) is 0 Å². The van der Waals surface area contributed by atoms with Gasteiger partial charge in [0.25, 0.3) is 11.7 Å². The first-order valence-corrected chi connectivity index (χ1v) is 9.16. The molecule has 0 saturated carbocycles. The molecule has 1 fully saturated rings. The number of carbonyl (C=O) groups is 1. The number of nitrogens with one attached hydrogen (secondary N) is 1. The zero-order valence-corrected chi connectivity index (χ0v) is 14.6. The number of hydrogen-bond acceptors (Lipinski definition) is 3. The number of nitrogens with zero attached hydrogens (tertiary/aromatic N) is 1. The molecule has 0 aliphatic carbocycles. The highest BCUT2D eigenvalue weighted by atomic mass is 32.2. The number of para-hydroxylation sites is 1. The van der Waals surface area contributed by atoms with E-state index >= 15 is 0 Å². The Labute approximate surface area is 150 Å². The summed E-state index contributed by atoms with van der Waals surface area (Å²) in [5.41, 5.74) is 2.34. The van der Waals surface area contributed by atoms with Gasteiger partial charge in [-0.05, 0) is 61.8 Å². The van der Waals surface area contributed by atoms with Gasteiger partial charge in [0, 0.05) is 22.7 Å². The zero-order chi connectivity index (χ0) is 17.6. The first-order valence-electron chi connectivity index (χ1n) is 8.28. The first kappa shape index (κ1) is 17.9. The van der Waals surface area contributed by atoms with Crippen LogP contribution in [0.5, 0.6) is 0 Å². The lowest BCUT2D eigenvalue weighted by Crippen LogP contribution is -2.20. The molecule has 25 heavy (non-hydrogen) atoms. The Hall–Kier alpha value is -1.92. The maximum atomic E-state index is 12.5. The van der Waals surface area contributed by atoms with Gasteiger partial charge in [-0.1, -0.05) is 30.0 Å². The fourth-order valence-electron chi connectivity index (χ4n) is 2.94. The molecule has 2 aromatic rings. The number of rotatable bonds is 6. The van der Waals surface area contributed by atoms with Crippen LogP contribution in [0, 0.1) is 0 Å². The highest BCUT2D eigenvalue weighted by Crippen LogP contribution is 2.26. The van der Waals surface area contributed by atoms with Crippen LogP contribution in [0.4, 0.5) is 14.5 Å². The summed E-state index contributed by atoms with van der Waals surface area (Å²) < 4.78 is 24.7. The SMILES string of the molecule is O=C(Nc1ccccc1CN1CCCC1)c1ccc(SC(F)F)cc1. The fraction of sp³-hybridized carbons (Fsp3) is 0.316. The Morgan fingerprint density at radius 1 is 1.08 bits per heavy atom. The van der Waals surface area contributed by atoms with Crippen LogP contribution < -0.4 is 5.32 Å². The molecule has 0 radical (unpaired) electrons. The largest absolute Gasteiger partial charge is 0.322 e. The Kier molecular flexibility index (Phi) is 6.04. The molecule has 1 N–H and O–H groups in total. The molecule has 1 saturated heterocycles. The van der Waals surface area contributed by atoms with Gasteiger partial charge in [0.15, 0.2) is 0 Å². The Balaban J connectivity index is 1.68. The van der Waals surface area contributed by atoms with Gasteiger partial charge in [-0.25, -0.2) is 0 Å². The lowest BCUT2D eigenvalue weighted by Gasteiger charge is -2.18. The van der Waals surface area contributed by atoms with Crippen LogP contribution >= 0.6 is 11.8 Å². The minimum absolute atomic E-state index is 0.234. The summed E-state index contributed by atoms with van der Waals surface area (Å²) >= 11 is 0.472. The van der Waals surface area contributed by atoms with Crippen molar-refractivity contribution in [2.45, 2.75) is 30.0 Å². The number of thioether (sulfide) groups is 1. The minimum Gasteiger partial charge on any atom is -0.322 e. The van der Waals surface area contributed by atoms with Gasteiger partial charge >= 0.3 is 0 Å². The van der Waals surface area contributed by atoms with Crippen LogP contribution in [-0.2, 0) is 6.54 Å². The third-order valence-corrected chi connectivity index (χ3v) is 4.92. The molecule has 1 amide bonds. The predicted molar refractivity (Wildman–Crippen MR) is 97.2 cm³/mol. The molecule has 0 spiro atoms. The highest BCUT2D eigenvalue weighted by Gasteiger charge is 2.15. The van der Waals surface area contributed by atoms with Gasteiger partial charge < -0.3 is 5.32 Å². The molecule has 0 atom stereocenters. The van der Waals surface area contributed by atoms with Crippen LogP contribution in [0.15, 0.2) is 53.4 Å². The number of benzene rings is 2. The molecular formula is C19H20F2N2OS. The van der Waals surface area contributed by atoms with Crippen molar-refractivity contribution in [2.75, 3.05) is 18.4 Å². The van der Waals surface area contributed by atoms with Gasteiger partial charge in [-0.3, -0.25) is 9.69 Å².